The predicted octanol–water partition coefficient (Wildman–Crippen LogP) is 0.144. The Hall–Kier alpha value is -0.290. The van der Waals surface area contributed by atoms with E-state index >= 15 is 0 Å². The van der Waals surface area contributed by atoms with Gasteiger partial charge in [-0.1, -0.05) is 0 Å². The van der Waals surface area contributed by atoms with Crippen LogP contribution < -0.4 is 17.0 Å². The van der Waals surface area contributed by atoms with Gasteiger partial charge in [0.15, 0.2) is 0 Å². The van der Waals surface area contributed by atoms with Gasteiger partial charge in [0.2, 0.25) is 0 Å². The molecule has 88 valence electrons. The van der Waals surface area contributed by atoms with E-state index in [9.17, 15) is 0 Å². The minimum absolute atomic E-state index is 0. The molecule has 0 nitrogen and oxygen atoms in total. The third-order valence-electron chi connectivity index (χ3n) is 3.05. The van der Waals surface area contributed by atoms with E-state index in [1.165, 1.54) is 13.4 Å². The molecule has 0 saturated carbocycles. The molecule has 0 N–H and O–H groups in total. The molecule has 0 aromatic heterocycles. The van der Waals surface area contributed by atoms with Crippen LogP contribution in [0.2, 0.25) is 0 Å². The quantitative estimate of drug-likeness (QED) is 0.627. The molecule has 1 heterocycles. The van der Waals surface area contributed by atoms with Gasteiger partial charge in [-0.25, -0.2) is 0 Å². The summed E-state index contributed by atoms with van der Waals surface area (Å²) in [7, 11) is 0. The molecule has 0 unspecified atom stereocenters. The zero-order valence-corrected chi connectivity index (χ0v) is 13.5. The van der Waals surface area contributed by atoms with Crippen LogP contribution in [0.4, 0.5) is 0 Å². The second-order valence-electron chi connectivity index (χ2n) is 4.30. The first kappa shape index (κ1) is 13.1. The van der Waals surface area contributed by atoms with Crippen LogP contribution in [-0.2, 0) is 13.4 Å². The van der Waals surface area contributed by atoms with Gasteiger partial charge in [-0.15, -0.1) is 0 Å². The second-order valence-corrected chi connectivity index (χ2v) is 10.3. The summed E-state index contributed by atoms with van der Waals surface area (Å²) in [6.45, 7) is 0. The number of halogens is 1. The maximum absolute atomic E-state index is 2.32. The van der Waals surface area contributed by atoms with E-state index in [-0.39, 0.29) is 17.0 Å². The van der Waals surface area contributed by atoms with Gasteiger partial charge in [0.1, 0.15) is 0 Å². The molecule has 17 heavy (non-hydrogen) atoms. The van der Waals surface area contributed by atoms with Crippen LogP contribution in [0.3, 0.4) is 0 Å². The maximum atomic E-state index is 2.32. The van der Waals surface area contributed by atoms with Crippen molar-refractivity contribution in [2.75, 3.05) is 0 Å². The summed E-state index contributed by atoms with van der Waals surface area (Å²) >= 11 is -0.909. The van der Waals surface area contributed by atoms with Crippen molar-refractivity contribution >= 4 is 19.6 Å². The molecule has 2 aromatic carbocycles. The number of benzene rings is 2. The molecule has 3 rings (SSSR count). The van der Waals surface area contributed by atoms with E-state index in [1.54, 1.807) is 16.7 Å². The topological polar surface area (TPSA) is 0 Å². The molecule has 2 aromatic rings. The van der Waals surface area contributed by atoms with Crippen molar-refractivity contribution in [2.24, 2.45) is 0 Å². The van der Waals surface area contributed by atoms with Crippen LogP contribution in [0.1, 0.15) is 16.7 Å². The first-order valence-corrected chi connectivity index (χ1v) is 10.6. The summed E-state index contributed by atoms with van der Waals surface area (Å²) < 4.78 is 4.24. The monoisotopic (exact) mass is 404 g/mol. The molecule has 0 aliphatic carbocycles. The van der Waals surface area contributed by atoms with Crippen LogP contribution in [0.15, 0.2) is 54.6 Å². The number of fused-ring (bicyclic) bond motifs is 1. The summed E-state index contributed by atoms with van der Waals surface area (Å²) in [5.41, 5.74) is 4.82. The van der Waals surface area contributed by atoms with Gasteiger partial charge in [0.25, 0.3) is 0 Å². The Morgan fingerprint density at radius 1 is 0.765 bits per heavy atom. The molecule has 0 bridgehead atoms. The third kappa shape index (κ3) is 3.13. The molecule has 0 radical (unpaired) electrons. The van der Waals surface area contributed by atoms with Crippen molar-refractivity contribution in [1.82, 2.24) is 0 Å². The zero-order chi connectivity index (χ0) is 10.8. The number of hydrogen-bond acceptors (Lipinski definition) is 0. The Labute approximate surface area is 120 Å². The molecule has 2 heteroatoms. The number of hydrogen-bond donors (Lipinski definition) is 0. The van der Waals surface area contributed by atoms with E-state index in [0.29, 0.717) is 0 Å². The first-order chi connectivity index (χ1) is 7.92. The molecule has 1 aliphatic heterocycles. The van der Waals surface area contributed by atoms with Crippen molar-refractivity contribution in [3.63, 3.8) is 0 Å². The van der Waals surface area contributed by atoms with E-state index < -0.39 is 19.6 Å². The fraction of sp³-hybridized carbons (Fsp3) is 0.200. The van der Waals surface area contributed by atoms with E-state index in [2.05, 4.69) is 54.6 Å². The van der Waals surface area contributed by atoms with E-state index in [4.69, 9.17) is 0 Å². The van der Waals surface area contributed by atoms with E-state index in [1.807, 2.05) is 0 Å². The van der Waals surface area contributed by atoms with E-state index in [0.717, 1.165) is 0 Å². The van der Waals surface area contributed by atoms with Crippen molar-refractivity contribution in [3.8, 4) is 0 Å². The Morgan fingerprint density at radius 3 is 1.88 bits per heavy atom. The van der Waals surface area contributed by atoms with Crippen LogP contribution in [0.25, 0.3) is 0 Å². The average molecular weight is 403 g/mol. The number of rotatable bonds is 2. The molecular weight excluding hydrogens is 388 g/mol. The van der Waals surface area contributed by atoms with Gasteiger partial charge in [-0.3, -0.25) is 0 Å². The van der Waals surface area contributed by atoms with Crippen LogP contribution in [0.5, 0.6) is 0 Å². The average Bonchev–Trinajstić information content (AvgIpc) is 2.72. The predicted molar refractivity (Wildman–Crippen MR) is 69.8 cm³/mol. The fourth-order valence-corrected chi connectivity index (χ4v) is 9.13. The van der Waals surface area contributed by atoms with Gasteiger partial charge >= 0.3 is 104 Å². The standard InChI is InChI=1S/C15H15Te.BrH/c1-2-6-13(7-3-1)10-16-11-14-8-4-5-9-15(14)12-16;/h1-9H,10-12H2;1H/q+1;/p-1. The Balaban J connectivity index is 0.00000108. The molecule has 1 aliphatic rings. The van der Waals surface area contributed by atoms with Gasteiger partial charge in [0.05, 0.1) is 0 Å². The summed E-state index contributed by atoms with van der Waals surface area (Å²) in [5.74, 6) is 0. The fourth-order valence-electron chi connectivity index (χ4n) is 2.24. The van der Waals surface area contributed by atoms with Gasteiger partial charge in [-0.2, -0.15) is 0 Å². The van der Waals surface area contributed by atoms with Crippen LogP contribution in [-0.4, -0.2) is 19.6 Å². The molecule has 0 fully saturated rings. The summed E-state index contributed by atoms with van der Waals surface area (Å²) in [4.78, 5) is 0. The van der Waals surface area contributed by atoms with Gasteiger partial charge < -0.3 is 17.0 Å². The van der Waals surface area contributed by atoms with Crippen LogP contribution in [0, 0.1) is 0 Å². The molecular formula is C15H15BrTe. The molecule has 0 spiro atoms. The Morgan fingerprint density at radius 2 is 1.29 bits per heavy atom. The van der Waals surface area contributed by atoms with Crippen molar-refractivity contribution in [2.45, 2.75) is 13.4 Å². The van der Waals surface area contributed by atoms with Crippen molar-refractivity contribution in [1.29, 1.82) is 0 Å². The first-order valence-electron chi connectivity index (χ1n) is 5.66. The Bertz CT molecular complexity index is 456. The summed E-state index contributed by atoms with van der Waals surface area (Å²) in [6.07, 6.45) is 0. The van der Waals surface area contributed by atoms with Crippen molar-refractivity contribution in [3.05, 3.63) is 71.3 Å². The second kappa shape index (κ2) is 6.05. The summed E-state index contributed by atoms with van der Waals surface area (Å²) in [5, 5.41) is 0. The molecule has 0 amide bonds. The summed E-state index contributed by atoms with van der Waals surface area (Å²) in [6, 6.07) is 20.0. The molecule has 0 atom stereocenters. The Kier molecular flexibility index (Phi) is 4.68. The van der Waals surface area contributed by atoms with Gasteiger partial charge in [0, 0.05) is 0 Å². The van der Waals surface area contributed by atoms with Crippen molar-refractivity contribution < 1.29 is 17.0 Å². The van der Waals surface area contributed by atoms with Crippen LogP contribution >= 0.6 is 0 Å². The molecule has 0 saturated heterocycles. The normalized spacial score (nSPS) is 14.1. The third-order valence-corrected chi connectivity index (χ3v) is 9.27. The zero-order valence-electron chi connectivity index (χ0n) is 9.60. The minimum atomic E-state index is -0.909. The van der Waals surface area contributed by atoms with Gasteiger partial charge in [-0.05, 0) is 0 Å². The SMILES string of the molecule is [Br-].c1ccc(C[Te+]2Cc3ccccc3C2)cc1.